The minimum atomic E-state index is -0.205. The van der Waals surface area contributed by atoms with Crippen LogP contribution in [0.25, 0.3) is 0 Å². The Labute approximate surface area is 188 Å². The molecule has 0 saturated carbocycles. The summed E-state index contributed by atoms with van der Waals surface area (Å²) in [6.45, 7) is 4.60. The van der Waals surface area contributed by atoms with Gasteiger partial charge in [0.15, 0.2) is 0 Å². The van der Waals surface area contributed by atoms with Crippen LogP contribution in [0.2, 0.25) is 0 Å². The van der Waals surface area contributed by atoms with Gasteiger partial charge in [0.1, 0.15) is 12.4 Å². The van der Waals surface area contributed by atoms with Crippen LogP contribution in [-0.2, 0) is 11.3 Å². The molecule has 0 atom stereocenters. The smallest absolute Gasteiger partial charge is 0.253 e. The van der Waals surface area contributed by atoms with E-state index in [0.29, 0.717) is 35.8 Å². The van der Waals surface area contributed by atoms with E-state index in [4.69, 9.17) is 4.74 Å². The number of ether oxygens (including phenoxy) is 1. The molecule has 0 aromatic heterocycles. The van der Waals surface area contributed by atoms with E-state index in [1.54, 1.807) is 48.4 Å². The number of anilines is 2. The second-order valence-electron chi connectivity index (χ2n) is 7.26. The molecule has 0 bridgehead atoms. The zero-order valence-corrected chi connectivity index (χ0v) is 18.1. The topological polar surface area (TPSA) is 70.7 Å². The molecule has 0 aliphatic heterocycles. The second kappa shape index (κ2) is 11.4. The van der Waals surface area contributed by atoms with Gasteiger partial charge in [-0.15, -0.1) is 0 Å². The molecule has 0 aliphatic carbocycles. The molecule has 0 fully saturated rings. The molecule has 3 aromatic rings. The van der Waals surface area contributed by atoms with Crippen molar-refractivity contribution in [3.8, 4) is 5.75 Å². The van der Waals surface area contributed by atoms with Crippen molar-refractivity contribution < 1.29 is 14.3 Å². The zero-order chi connectivity index (χ0) is 22.8. The van der Waals surface area contributed by atoms with Crippen LogP contribution in [-0.4, -0.2) is 36.9 Å². The molecule has 0 saturated heterocycles. The number of nitrogens with one attached hydrogen (secondary N) is 2. The molecule has 164 valence electrons. The van der Waals surface area contributed by atoms with Gasteiger partial charge in [-0.2, -0.15) is 0 Å². The lowest BCUT2D eigenvalue weighted by atomic mass is 10.1. The third kappa shape index (κ3) is 6.74. The lowest BCUT2D eigenvalue weighted by Crippen LogP contribution is -2.26. The van der Waals surface area contributed by atoms with E-state index in [0.717, 1.165) is 5.56 Å². The van der Waals surface area contributed by atoms with Gasteiger partial charge < -0.3 is 20.3 Å². The monoisotopic (exact) mass is 429 g/mol. The van der Waals surface area contributed by atoms with Crippen molar-refractivity contribution in [3.05, 3.63) is 103 Å². The highest BCUT2D eigenvalue weighted by atomic mass is 16.5. The number of benzene rings is 3. The van der Waals surface area contributed by atoms with Crippen molar-refractivity contribution >= 4 is 23.2 Å². The Morgan fingerprint density at radius 3 is 2.50 bits per heavy atom. The Hall–Kier alpha value is -4.06. The maximum absolute atomic E-state index is 12.8. The average molecular weight is 430 g/mol. The molecule has 6 nitrogen and oxygen atoms in total. The molecule has 2 N–H and O–H groups in total. The Balaban J connectivity index is 1.54. The number of rotatable bonds is 10. The predicted molar refractivity (Wildman–Crippen MR) is 128 cm³/mol. The number of hydrogen-bond donors (Lipinski definition) is 2. The van der Waals surface area contributed by atoms with Crippen molar-refractivity contribution in [2.24, 2.45) is 0 Å². The van der Waals surface area contributed by atoms with Crippen LogP contribution in [0.1, 0.15) is 15.9 Å². The fourth-order valence-electron chi connectivity index (χ4n) is 3.12. The summed E-state index contributed by atoms with van der Waals surface area (Å²) in [6.07, 6.45) is 1.66. The summed E-state index contributed by atoms with van der Waals surface area (Å²) >= 11 is 0. The van der Waals surface area contributed by atoms with Crippen LogP contribution in [0, 0.1) is 0 Å². The number of hydrogen-bond acceptors (Lipinski definition) is 4. The summed E-state index contributed by atoms with van der Waals surface area (Å²) in [5.74, 6) is 0.364. The molecule has 0 heterocycles. The van der Waals surface area contributed by atoms with Gasteiger partial charge in [-0.05, 0) is 35.9 Å². The van der Waals surface area contributed by atoms with Gasteiger partial charge in [0.2, 0.25) is 5.91 Å². The molecular weight excluding hydrogens is 402 g/mol. The average Bonchev–Trinajstić information content (AvgIpc) is 2.82. The van der Waals surface area contributed by atoms with Gasteiger partial charge in [0.05, 0.1) is 6.54 Å². The number of carbonyl (C=O) groups excluding carboxylic acids is 2. The predicted octanol–water partition coefficient (Wildman–Crippen LogP) is 4.57. The van der Waals surface area contributed by atoms with E-state index in [1.165, 1.54) is 0 Å². The molecule has 0 aliphatic rings. The summed E-state index contributed by atoms with van der Waals surface area (Å²) in [7, 11) is 1.77. The quantitative estimate of drug-likeness (QED) is 0.463. The van der Waals surface area contributed by atoms with E-state index in [-0.39, 0.29) is 18.4 Å². The fraction of sp³-hybridized carbons (Fsp3) is 0.154. The Morgan fingerprint density at radius 2 is 1.72 bits per heavy atom. The summed E-state index contributed by atoms with van der Waals surface area (Å²) in [6, 6.07) is 24.1. The first-order valence-corrected chi connectivity index (χ1v) is 10.3. The van der Waals surface area contributed by atoms with Gasteiger partial charge in [0, 0.05) is 36.6 Å². The van der Waals surface area contributed by atoms with Crippen molar-refractivity contribution in [2.75, 3.05) is 30.8 Å². The van der Waals surface area contributed by atoms with Gasteiger partial charge in [-0.25, -0.2) is 0 Å². The number of amides is 2. The molecular formula is C26H27N3O3. The maximum atomic E-state index is 12.8. The van der Waals surface area contributed by atoms with Crippen LogP contribution < -0.4 is 15.4 Å². The maximum Gasteiger partial charge on any atom is 0.253 e. The minimum Gasteiger partial charge on any atom is -0.489 e. The van der Waals surface area contributed by atoms with Crippen molar-refractivity contribution in [1.82, 2.24) is 4.90 Å². The van der Waals surface area contributed by atoms with Crippen molar-refractivity contribution in [3.63, 3.8) is 0 Å². The van der Waals surface area contributed by atoms with Gasteiger partial charge >= 0.3 is 0 Å². The van der Waals surface area contributed by atoms with Crippen LogP contribution in [0.3, 0.4) is 0 Å². The summed E-state index contributed by atoms with van der Waals surface area (Å²) < 4.78 is 5.48. The van der Waals surface area contributed by atoms with Gasteiger partial charge in [-0.1, -0.05) is 55.1 Å². The van der Waals surface area contributed by atoms with Crippen LogP contribution in [0.15, 0.2) is 91.5 Å². The first-order chi connectivity index (χ1) is 15.5. The Morgan fingerprint density at radius 1 is 0.969 bits per heavy atom. The molecule has 0 unspecified atom stereocenters. The molecule has 6 heteroatoms. The van der Waals surface area contributed by atoms with Gasteiger partial charge in [0.25, 0.3) is 5.91 Å². The first-order valence-electron chi connectivity index (χ1n) is 10.3. The molecule has 3 rings (SSSR count). The summed E-state index contributed by atoms with van der Waals surface area (Å²) in [4.78, 5) is 26.8. The lowest BCUT2D eigenvalue weighted by molar-refractivity contribution is -0.114. The highest BCUT2D eigenvalue weighted by molar-refractivity contribution is 5.96. The third-order valence-corrected chi connectivity index (χ3v) is 4.66. The molecule has 32 heavy (non-hydrogen) atoms. The van der Waals surface area contributed by atoms with Crippen molar-refractivity contribution in [2.45, 2.75) is 6.54 Å². The molecule has 3 aromatic carbocycles. The van der Waals surface area contributed by atoms with E-state index in [9.17, 15) is 9.59 Å². The minimum absolute atomic E-state index is 0.0647. The fourth-order valence-corrected chi connectivity index (χ4v) is 3.12. The molecule has 2 amide bonds. The summed E-state index contributed by atoms with van der Waals surface area (Å²) in [5, 5.41) is 5.90. The lowest BCUT2D eigenvalue weighted by Gasteiger charge is -2.18. The van der Waals surface area contributed by atoms with E-state index >= 15 is 0 Å². The molecule has 0 radical (unpaired) electrons. The highest BCUT2D eigenvalue weighted by Crippen LogP contribution is 2.18. The van der Waals surface area contributed by atoms with Crippen LogP contribution in [0.5, 0.6) is 5.75 Å². The zero-order valence-electron chi connectivity index (χ0n) is 18.1. The van der Waals surface area contributed by atoms with E-state index < -0.39 is 0 Å². The number of nitrogens with zero attached hydrogens (tertiary/aromatic N) is 1. The van der Waals surface area contributed by atoms with Gasteiger partial charge in [-0.3, -0.25) is 9.59 Å². The standard InChI is InChI=1S/C26H27N3O3/c1-3-15-32-24-14-8-13-23(17-24)28-25(30)18-27-22-12-7-11-21(16-22)26(31)29(2)19-20-9-5-4-6-10-20/h3-14,16-17,27H,1,15,18-19H2,2H3,(H,28,30). The van der Waals surface area contributed by atoms with Crippen molar-refractivity contribution in [1.29, 1.82) is 0 Å². The first kappa shape index (κ1) is 22.6. The van der Waals surface area contributed by atoms with E-state index in [2.05, 4.69) is 17.2 Å². The summed E-state index contributed by atoms with van der Waals surface area (Å²) in [5.41, 5.74) is 2.96. The Kier molecular flexibility index (Phi) is 8.03. The normalized spacial score (nSPS) is 10.2. The number of carbonyl (C=O) groups is 2. The Bertz CT molecular complexity index is 1070. The second-order valence-corrected chi connectivity index (χ2v) is 7.26. The third-order valence-electron chi connectivity index (χ3n) is 4.66. The molecule has 0 spiro atoms. The highest BCUT2D eigenvalue weighted by Gasteiger charge is 2.13. The largest absolute Gasteiger partial charge is 0.489 e. The SMILES string of the molecule is C=CCOc1cccc(NC(=O)CNc2cccc(C(=O)N(C)Cc3ccccc3)c2)c1. The van der Waals surface area contributed by atoms with E-state index in [1.807, 2.05) is 48.5 Å². The van der Waals surface area contributed by atoms with Crippen LogP contribution in [0.4, 0.5) is 11.4 Å². The van der Waals surface area contributed by atoms with Crippen LogP contribution >= 0.6 is 0 Å².